The van der Waals surface area contributed by atoms with E-state index in [1.165, 1.54) is 5.56 Å². The Morgan fingerprint density at radius 2 is 1.95 bits per heavy atom. The van der Waals surface area contributed by atoms with Gasteiger partial charge in [-0.25, -0.2) is 0 Å². The second-order valence-electron chi connectivity index (χ2n) is 4.76. The maximum absolute atomic E-state index is 5.87. The lowest BCUT2D eigenvalue weighted by Crippen LogP contribution is -2.19. The van der Waals surface area contributed by atoms with E-state index in [0.29, 0.717) is 0 Å². The Labute approximate surface area is 121 Å². The minimum absolute atomic E-state index is 0.0942. The Kier molecular flexibility index (Phi) is 5.24. The molecule has 1 N–H and O–H groups in total. The molecule has 0 radical (unpaired) electrons. The van der Waals surface area contributed by atoms with E-state index in [1.807, 2.05) is 31.3 Å². The molecule has 1 atom stereocenters. The molecule has 1 aromatic carbocycles. The molecule has 0 bridgehead atoms. The van der Waals surface area contributed by atoms with Crippen molar-refractivity contribution in [3.63, 3.8) is 0 Å². The van der Waals surface area contributed by atoms with Crippen LogP contribution in [-0.4, -0.2) is 13.7 Å². The number of aryl methyl sites for hydroxylation is 1. The van der Waals surface area contributed by atoms with E-state index in [9.17, 15) is 0 Å². The highest BCUT2D eigenvalue weighted by Crippen LogP contribution is 2.32. The molecule has 0 saturated carbocycles. The molecule has 20 heavy (non-hydrogen) atoms. The molecule has 0 spiro atoms. The van der Waals surface area contributed by atoms with E-state index in [4.69, 9.17) is 9.15 Å². The Morgan fingerprint density at radius 1 is 1.15 bits per heavy atom. The van der Waals surface area contributed by atoms with Gasteiger partial charge >= 0.3 is 0 Å². The van der Waals surface area contributed by atoms with E-state index in [-0.39, 0.29) is 6.04 Å². The van der Waals surface area contributed by atoms with Crippen molar-refractivity contribution in [2.45, 2.75) is 32.7 Å². The first kappa shape index (κ1) is 14.7. The van der Waals surface area contributed by atoms with Crippen molar-refractivity contribution >= 4 is 0 Å². The lowest BCUT2D eigenvalue weighted by molar-refractivity contribution is 0.312. The SMILES string of the molecule is CCCOc1ccccc1C(NC)c1ccoc1CC. The highest BCUT2D eigenvalue weighted by Gasteiger charge is 2.20. The van der Waals surface area contributed by atoms with E-state index in [0.717, 1.165) is 36.5 Å². The van der Waals surface area contributed by atoms with Crippen LogP contribution >= 0.6 is 0 Å². The van der Waals surface area contributed by atoms with Crippen LogP contribution in [0.4, 0.5) is 0 Å². The Hall–Kier alpha value is -1.74. The number of rotatable bonds is 7. The van der Waals surface area contributed by atoms with Crippen molar-refractivity contribution < 1.29 is 9.15 Å². The third-order valence-corrected chi connectivity index (χ3v) is 3.39. The van der Waals surface area contributed by atoms with Crippen LogP contribution in [0, 0.1) is 0 Å². The van der Waals surface area contributed by atoms with Crippen LogP contribution in [0.3, 0.4) is 0 Å². The number of ether oxygens (including phenoxy) is 1. The molecule has 1 heterocycles. The summed E-state index contributed by atoms with van der Waals surface area (Å²) >= 11 is 0. The van der Waals surface area contributed by atoms with Crippen molar-refractivity contribution in [3.8, 4) is 5.75 Å². The number of benzene rings is 1. The van der Waals surface area contributed by atoms with Gasteiger partial charge < -0.3 is 14.5 Å². The summed E-state index contributed by atoms with van der Waals surface area (Å²) in [5.74, 6) is 1.96. The van der Waals surface area contributed by atoms with Gasteiger partial charge in [0.1, 0.15) is 11.5 Å². The van der Waals surface area contributed by atoms with Crippen LogP contribution in [-0.2, 0) is 6.42 Å². The van der Waals surface area contributed by atoms with Gasteiger partial charge in [-0.2, -0.15) is 0 Å². The zero-order valence-electron chi connectivity index (χ0n) is 12.5. The Morgan fingerprint density at radius 3 is 2.65 bits per heavy atom. The van der Waals surface area contributed by atoms with Crippen molar-refractivity contribution in [2.24, 2.45) is 0 Å². The summed E-state index contributed by atoms with van der Waals surface area (Å²) in [6.45, 7) is 4.96. The third-order valence-electron chi connectivity index (χ3n) is 3.39. The van der Waals surface area contributed by atoms with Crippen LogP contribution in [0.5, 0.6) is 5.75 Å². The van der Waals surface area contributed by atoms with Gasteiger partial charge in [-0.1, -0.05) is 32.0 Å². The molecular weight excluding hydrogens is 250 g/mol. The standard InChI is InChI=1S/C17H23NO2/c1-4-11-19-16-9-7-6-8-13(16)17(18-3)14-10-12-20-15(14)5-2/h6-10,12,17-18H,4-5,11H2,1-3H3. The molecular formula is C17H23NO2. The van der Waals surface area contributed by atoms with Gasteiger partial charge in [0, 0.05) is 17.5 Å². The largest absolute Gasteiger partial charge is 0.493 e. The second-order valence-corrected chi connectivity index (χ2v) is 4.76. The highest BCUT2D eigenvalue weighted by molar-refractivity contribution is 5.42. The van der Waals surface area contributed by atoms with Gasteiger partial charge in [0.15, 0.2) is 0 Å². The number of hydrogen-bond acceptors (Lipinski definition) is 3. The summed E-state index contributed by atoms with van der Waals surface area (Å²) in [5.41, 5.74) is 2.34. The van der Waals surface area contributed by atoms with Gasteiger partial charge in [-0.15, -0.1) is 0 Å². The van der Waals surface area contributed by atoms with Gasteiger partial charge in [-0.05, 0) is 25.6 Å². The summed E-state index contributed by atoms with van der Waals surface area (Å²) in [6.07, 6.45) is 3.65. The third kappa shape index (κ3) is 3.05. The fourth-order valence-electron chi connectivity index (χ4n) is 2.44. The first-order chi connectivity index (χ1) is 9.81. The number of hydrogen-bond donors (Lipinski definition) is 1. The van der Waals surface area contributed by atoms with Crippen LogP contribution in [0.2, 0.25) is 0 Å². The maximum atomic E-state index is 5.87. The molecule has 0 aliphatic heterocycles. The molecule has 2 aromatic rings. The van der Waals surface area contributed by atoms with E-state index in [2.05, 4.69) is 25.2 Å². The van der Waals surface area contributed by atoms with Crippen molar-refractivity contribution in [3.05, 3.63) is 53.5 Å². The van der Waals surface area contributed by atoms with E-state index < -0.39 is 0 Å². The van der Waals surface area contributed by atoms with Crippen molar-refractivity contribution in [1.82, 2.24) is 5.32 Å². The van der Waals surface area contributed by atoms with Gasteiger partial charge in [-0.3, -0.25) is 0 Å². The quantitative estimate of drug-likeness (QED) is 0.829. The minimum atomic E-state index is 0.0942. The smallest absolute Gasteiger partial charge is 0.124 e. The topological polar surface area (TPSA) is 34.4 Å². The molecule has 108 valence electrons. The Balaban J connectivity index is 2.36. The maximum Gasteiger partial charge on any atom is 0.124 e. The first-order valence-electron chi connectivity index (χ1n) is 7.27. The van der Waals surface area contributed by atoms with Crippen molar-refractivity contribution in [1.29, 1.82) is 0 Å². The molecule has 1 unspecified atom stereocenters. The molecule has 3 nitrogen and oxygen atoms in total. The van der Waals surface area contributed by atoms with Crippen molar-refractivity contribution in [2.75, 3.05) is 13.7 Å². The molecule has 3 heteroatoms. The minimum Gasteiger partial charge on any atom is -0.493 e. The normalized spacial score (nSPS) is 12.3. The summed E-state index contributed by atoms with van der Waals surface area (Å²) in [5, 5.41) is 3.37. The van der Waals surface area contributed by atoms with Gasteiger partial charge in [0.2, 0.25) is 0 Å². The lowest BCUT2D eigenvalue weighted by atomic mass is 9.97. The van der Waals surface area contributed by atoms with E-state index >= 15 is 0 Å². The van der Waals surface area contributed by atoms with Gasteiger partial charge in [0.05, 0.1) is 18.9 Å². The predicted molar refractivity (Wildman–Crippen MR) is 81.2 cm³/mol. The number of furan rings is 1. The number of nitrogens with one attached hydrogen (secondary N) is 1. The number of para-hydroxylation sites is 1. The zero-order valence-corrected chi connectivity index (χ0v) is 12.5. The summed E-state index contributed by atoms with van der Waals surface area (Å²) in [4.78, 5) is 0. The molecule has 0 saturated heterocycles. The molecule has 0 fully saturated rings. The Bertz CT molecular complexity index is 533. The molecule has 0 aliphatic carbocycles. The molecule has 0 aliphatic rings. The monoisotopic (exact) mass is 273 g/mol. The second kappa shape index (κ2) is 7.15. The van der Waals surface area contributed by atoms with Crippen LogP contribution in [0.25, 0.3) is 0 Å². The zero-order chi connectivity index (χ0) is 14.4. The fraction of sp³-hybridized carbons (Fsp3) is 0.412. The fourth-order valence-corrected chi connectivity index (χ4v) is 2.44. The van der Waals surface area contributed by atoms with Gasteiger partial charge in [0.25, 0.3) is 0 Å². The van der Waals surface area contributed by atoms with Crippen LogP contribution < -0.4 is 10.1 Å². The highest BCUT2D eigenvalue weighted by atomic mass is 16.5. The first-order valence-corrected chi connectivity index (χ1v) is 7.27. The predicted octanol–water partition coefficient (Wildman–Crippen LogP) is 3.94. The van der Waals surface area contributed by atoms with Crippen LogP contribution in [0.1, 0.15) is 43.2 Å². The summed E-state index contributed by atoms with van der Waals surface area (Å²) < 4.78 is 11.4. The summed E-state index contributed by atoms with van der Waals surface area (Å²) in [7, 11) is 1.97. The molecule has 1 aromatic heterocycles. The average molecular weight is 273 g/mol. The molecule has 0 amide bonds. The lowest BCUT2D eigenvalue weighted by Gasteiger charge is -2.20. The van der Waals surface area contributed by atoms with E-state index in [1.54, 1.807) is 6.26 Å². The average Bonchev–Trinajstić information content (AvgIpc) is 2.95. The molecule has 2 rings (SSSR count). The van der Waals surface area contributed by atoms with Crippen LogP contribution in [0.15, 0.2) is 41.0 Å². The summed E-state index contributed by atoms with van der Waals surface area (Å²) in [6, 6.07) is 10.3.